The molecule has 0 aliphatic carbocycles. The maximum atomic E-state index is 13.1. The average molecular weight is 330 g/mol. The Bertz CT molecular complexity index is 858. The van der Waals surface area contributed by atoms with Gasteiger partial charge in [0.2, 0.25) is 0 Å². The number of aromatic nitrogens is 3. The van der Waals surface area contributed by atoms with Crippen LogP contribution in [0.25, 0.3) is 11.3 Å². The maximum Gasteiger partial charge on any atom is 0.271 e. The normalized spacial score (nSPS) is 10.6. The zero-order valence-electron chi connectivity index (χ0n) is 12.3. The third kappa shape index (κ3) is 3.37. The third-order valence-electron chi connectivity index (χ3n) is 3.25. The zero-order valence-corrected chi connectivity index (χ0v) is 12.3. The summed E-state index contributed by atoms with van der Waals surface area (Å²) in [6, 6.07) is 9.90. The molecule has 1 heterocycles. The molecule has 0 bridgehead atoms. The monoisotopic (exact) mass is 330 g/mol. The van der Waals surface area contributed by atoms with E-state index in [-0.39, 0.29) is 18.1 Å². The number of rotatable bonds is 5. The smallest absolute Gasteiger partial charge is 0.271 e. The lowest BCUT2D eigenvalue weighted by Crippen LogP contribution is -2.12. The number of aromatic amines is 1. The van der Waals surface area contributed by atoms with Crippen LogP contribution in [0, 0.1) is 11.6 Å². The van der Waals surface area contributed by atoms with Gasteiger partial charge in [-0.05, 0) is 5.56 Å². The van der Waals surface area contributed by atoms with Crippen LogP contribution in [0.1, 0.15) is 16.1 Å². The Labute approximate surface area is 135 Å². The highest BCUT2D eigenvalue weighted by atomic mass is 19.1. The van der Waals surface area contributed by atoms with Crippen LogP contribution in [0.4, 0.5) is 8.78 Å². The number of H-pyrrole nitrogens is 1. The van der Waals surface area contributed by atoms with Crippen LogP contribution < -0.4 is 10.5 Å². The summed E-state index contributed by atoms with van der Waals surface area (Å²) in [6.07, 6.45) is 0. The lowest BCUT2D eigenvalue weighted by molar-refractivity contribution is 0.0996. The predicted octanol–water partition coefficient (Wildman–Crippen LogP) is 2.43. The van der Waals surface area contributed by atoms with E-state index in [1.807, 2.05) is 0 Å². The van der Waals surface area contributed by atoms with Crippen molar-refractivity contribution in [3.8, 4) is 17.0 Å². The summed E-state index contributed by atoms with van der Waals surface area (Å²) >= 11 is 0. The highest BCUT2D eigenvalue weighted by Crippen LogP contribution is 2.21. The van der Waals surface area contributed by atoms with Crippen LogP contribution in [-0.4, -0.2) is 21.3 Å². The molecule has 0 radical (unpaired) electrons. The molecule has 8 heteroatoms. The molecule has 24 heavy (non-hydrogen) atoms. The van der Waals surface area contributed by atoms with Crippen molar-refractivity contribution >= 4 is 5.91 Å². The van der Waals surface area contributed by atoms with Crippen LogP contribution >= 0.6 is 0 Å². The highest BCUT2D eigenvalue weighted by molar-refractivity contribution is 5.96. The predicted molar refractivity (Wildman–Crippen MR) is 81.0 cm³/mol. The third-order valence-corrected chi connectivity index (χ3v) is 3.25. The second-order valence-corrected chi connectivity index (χ2v) is 4.98. The molecule has 1 amide bonds. The number of hydrogen-bond acceptors (Lipinski definition) is 4. The van der Waals surface area contributed by atoms with Crippen molar-refractivity contribution in [1.82, 2.24) is 15.4 Å². The molecule has 2 aromatic carbocycles. The lowest BCUT2D eigenvalue weighted by Gasteiger charge is -2.07. The van der Waals surface area contributed by atoms with Crippen LogP contribution in [0.15, 0.2) is 42.5 Å². The molecule has 0 atom stereocenters. The van der Waals surface area contributed by atoms with E-state index in [4.69, 9.17) is 10.5 Å². The number of ether oxygens (including phenoxy) is 1. The zero-order chi connectivity index (χ0) is 17.1. The Morgan fingerprint density at radius 1 is 1.08 bits per heavy atom. The fraction of sp³-hybridized carbons (Fsp3) is 0.0625. The number of benzene rings is 2. The van der Waals surface area contributed by atoms with Gasteiger partial charge in [-0.2, -0.15) is 15.4 Å². The Kier molecular flexibility index (Phi) is 4.19. The number of carbonyl (C=O) groups is 1. The maximum absolute atomic E-state index is 13.1. The first kappa shape index (κ1) is 15.6. The Morgan fingerprint density at radius 2 is 1.75 bits per heavy atom. The van der Waals surface area contributed by atoms with Gasteiger partial charge in [-0.25, -0.2) is 8.78 Å². The van der Waals surface area contributed by atoms with Gasteiger partial charge in [-0.3, -0.25) is 4.79 Å². The standard InChI is InChI=1S/C16H12F2N4O2/c17-11-5-12(18)7-13(6-11)24-8-9-1-3-10(4-2-9)14-15(16(19)23)21-22-20-14/h1-7H,8H2,(H2,19,23)(H,20,21,22). The summed E-state index contributed by atoms with van der Waals surface area (Å²) in [5.74, 6) is -1.99. The number of nitrogens with two attached hydrogens (primary N) is 1. The van der Waals surface area contributed by atoms with Gasteiger partial charge in [0.1, 0.15) is 29.7 Å². The van der Waals surface area contributed by atoms with Crippen molar-refractivity contribution in [2.24, 2.45) is 5.73 Å². The van der Waals surface area contributed by atoms with Crippen molar-refractivity contribution in [3.05, 3.63) is 65.4 Å². The first-order valence-corrected chi connectivity index (χ1v) is 6.91. The topological polar surface area (TPSA) is 93.9 Å². The van der Waals surface area contributed by atoms with Crippen molar-refractivity contribution in [3.63, 3.8) is 0 Å². The van der Waals surface area contributed by atoms with Crippen LogP contribution in [-0.2, 0) is 6.61 Å². The molecule has 3 aromatic rings. The summed E-state index contributed by atoms with van der Waals surface area (Å²) in [5.41, 5.74) is 7.04. The summed E-state index contributed by atoms with van der Waals surface area (Å²) in [6.45, 7) is 0.130. The van der Waals surface area contributed by atoms with E-state index in [0.29, 0.717) is 11.3 Å². The molecule has 122 valence electrons. The van der Waals surface area contributed by atoms with E-state index in [1.54, 1.807) is 24.3 Å². The number of nitrogens with one attached hydrogen (secondary N) is 1. The molecule has 0 fully saturated rings. The van der Waals surface area contributed by atoms with Crippen LogP contribution in [0.5, 0.6) is 5.75 Å². The van der Waals surface area contributed by atoms with Crippen molar-refractivity contribution in [2.45, 2.75) is 6.61 Å². The van der Waals surface area contributed by atoms with E-state index in [2.05, 4.69) is 15.4 Å². The molecule has 0 saturated heterocycles. The van der Waals surface area contributed by atoms with Crippen molar-refractivity contribution in [2.75, 3.05) is 0 Å². The van der Waals surface area contributed by atoms with Crippen molar-refractivity contribution in [1.29, 1.82) is 0 Å². The first-order chi connectivity index (χ1) is 11.5. The average Bonchev–Trinajstić information content (AvgIpc) is 3.02. The summed E-state index contributed by atoms with van der Waals surface area (Å²) in [4.78, 5) is 11.3. The second-order valence-electron chi connectivity index (χ2n) is 4.98. The van der Waals surface area contributed by atoms with Gasteiger partial charge >= 0.3 is 0 Å². The number of halogens is 2. The molecule has 3 N–H and O–H groups in total. The molecular formula is C16H12F2N4O2. The Balaban J connectivity index is 1.73. The van der Waals surface area contributed by atoms with Gasteiger partial charge < -0.3 is 10.5 Å². The van der Waals surface area contributed by atoms with Crippen LogP contribution in [0.3, 0.4) is 0 Å². The van der Waals surface area contributed by atoms with Gasteiger partial charge in [-0.1, -0.05) is 24.3 Å². The van der Waals surface area contributed by atoms with Crippen molar-refractivity contribution < 1.29 is 18.3 Å². The minimum Gasteiger partial charge on any atom is -0.489 e. The Hall–Kier alpha value is -3.29. The van der Waals surface area contributed by atoms with E-state index in [0.717, 1.165) is 23.8 Å². The van der Waals surface area contributed by atoms with Gasteiger partial charge in [-0.15, -0.1) is 0 Å². The van der Waals surface area contributed by atoms with Crippen LogP contribution in [0.2, 0.25) is 0 Å². The molecule has 0 saturated carbocycles. The van der Waals surface area contributed by atoms with Gasteiger partial charge in [0.15, 0.2) is 5.69 Å². The quantitative estimate of drug-likeness (QED) is 0.751. The summed E-state index contributed by atoms with van der Waals surface area (Å²) in [5, 5.41) is 9.95. The Morgan fingerprint density at radius 3 is 2.38 bits per heavy atom. The number of primary amides is 1. The SMILES string of the molecule is NC(=O)c1n[nH]nc1-c1ccc(COc2cc(F)cc(F)c2)cc1. The molecule has 6 nitrogen and oxygen atoms in total. The van der Waals surface area contributed by atoms with Gasteiger partial charge in [0.25, 0.3) is 5.91 Å². The lowest BCUT2D eigenvalue weighted by atomic mass is 10.1. The molecule has 3 rings (SSSR count). The fourth-order valence-corrected chi connectivity index (χ4v) is 2.14. The summed E-state index contributed by atoms with van der Waals surface area (Å²) < 4.78 is 31.5. The number of amides is 1. The second kappa shape index (κ2) is 6.45. The summed E-state index contributed by atoms with van der Waals surface area (Å²) in [7, 11) is 0. The number of hydrogen-bond donors (Lipinski definition) is 2. The van der Waals surface area contributed by atoms with Gasteiger partial charge in [0, 0.05) is 23.8 Å². The van der Waals surface area contributed by atoms with E-state index < -0.39 is 17.5 Å². The number of nitrogens with zero attached hydrogens (tertiary/aromatic N) is 2. The molecule has 0 spiro atoms. The van der Waals surface area contributed by atoms with Gasteiger partial charge in [0.05, 0.1) is 0 Å². The molecule has 0 aliphatic heterocycles. The molecule has 1 aromatic heterocycles. The fourth-order valence-electron chi connectivity index (χ4n) is 2.14. The highest BCUT2D eigenvalue weighted by Gasteiger charge is 2.14. The minimum atomic E-state index is -0.703. The largest absolute Gasteiger partial charge is 0.489 e. The number of carbonyl (C=O) groups excluding carboxylic acids is 1. The molecule has 0 unspecified atom stereocenters. The van der Waals surface area contributed by atoms with E-state index >= 15 is 0 Å². The minimum absolute atomic E-state index is 0.0502. The molecule has 0 aliphatic rings. The molecular weight excluding hydrogens is 318 g/mol. The first-order valence-electron chi connectivity index (χ1n) is 6.91. The van der Waals surface area contributed by atoms with E-state index in [9.17, 15) is 13.6 Å². The van der Waals surface area contributed by atoms with E-state index in [1.165, 1.54) is 0 Å².